The number of carbonyl (C=O) groups is 1. The standard InChI is InChI=1S/C20H31N3O3S.C13H13NO.C8H20N2O2S/c1-20(2,12-23(3)4)13-27(25,26)22-19(24)21-18-16-9-5-7-14(16)11-15-8-6-10-17(15)18;15-8-14-13-11-5-1-3-9(11)7-10-4-2-6-12(10)13;1-7(10(4)5)8(2,3)6-13(9,11)12/h11H,5-10,12-13H2,1-4H3,(H2,21,22,24);7H,1-6H2;7H,6H2,1-5H3,(H2,9,11,12). The van der Waals surface area contributed by atoms with Gasteiger partial charge in [-0.15, -0.1) is 0 Å². The highest BCUT2D eigenvalue weighted by Crippen LogP contribution is 2.40. The largest absolute Gasteiger partial charge is 0.332 e. The molecule has 14 heteroatoms. The third-order valence-corrected chi connectivity index (χ3v) is 14.2. The maximum atomic E-state index is 12.5. The van der Waals surface area contributed by atoms with Crippen LogP contribution in [0.25, 0.3) is 0 Å². The Bertz CT molecular complexity index is 1940. The van der Waals surface area contributed by atoms with Gasteiger partial charge < -0.3 is 15.1 Å². The Balaban J connectivity index is 0.000000203. The molecule has 0 saturated heterocycles. The van der Waals surface area contributed by atoms with E-state index >= 15 is 0 Å². The summed E-state index contributed by atoms with van der Waals surface area (Å²) in [6, 6.07) is 4.15. The van der Waals surface area contributed by atoms with E-state index in [1.807, 2.05) is 72.6 Å². The number of isocyanates is 1. The molecule has 0 bridgehead atoms. The number of nitrogens with one attached hydrogen (secondary N) is 2. The van der Waals surface area contributed by atoms with Crippen LogP contribution in [0.4, 0.5) is 16.2 Å². The van der Waals surface area contributed by atoms with Crippen LogP contribution in [-0.4, -0.2) is 91.0 Å². The number of benzene rings is 2. The molecule has 1 unspecified atom stereocenters. The summed E-state index contributed by atoms with van der Waals surface area (Å²) < 4.78 is 49.1. The smallest absolute Gasteiger partial charge is 0.309 e. The highest BCUT2D eigenvalue weighted by Gasteiger charge is 2.32. The number of primary sulfonamides is 1. The normalized spacial score (nSPS) is 16.5. The molecule has 0 spiro atoms. The fraction of sp³-hybridized carbons (Fsp3) is 0.659. The molecule has 0 heterocycles. The van der Waals surface area contributed by atoms with Crippen molar-refractivity contribution >= 4 is 43.5 Å². The van der Waals surface area contributed by atoms with Crippen molar-refractivity contribution in [2.24, 2.45) is 21.0 Å². The summed E-state index contributed by atoms with van der Waals surface area (Å²) in [5, 5.41) is 7.90. The lowest BCUT2D eigenvalue weighted by atomic mass is 9.87. The van der Waals surface area contributed by atoms with Crippen LogP contribution in [0.3, 0.4) is 0 Å². The predicted octanol–water partition coefficient (Wildman–Crippen LogP) is 5.59. The van der Waals surface area contributed by atoms with Crippen LogP contribution in [0, 0.1) is 10.8 Å². The zero-order valence-corrected chi connectivity index (χ0v) is 36.2. The van der Waals surface area contributed by atoms with E-state index in [2.05, 4.69) is 27.2 Å². The molecule has 2 amide bonds. The third-order valence-electron chi connectivity index (χ3n) is 11.4. The van der Waals surface area contributed by atoms with Gasteiger partial charge in [-0.25, -0.2) is 36.3 Å². The number of anilines is 1. The van der Waals surface area contributed by atoms with Gasteiger partial charge in [0.05, 0.1) is 17.2 Å². The summed E-state index contributed by atoms with van der Waals surface area (Å²) in [5.41, 5.74) is 11.5. The predicted molar refractivity (Wildman–Crippen MR) is 222 cm³/mol. The highest BCUT2D eigenvalue weighted by molar-refractivity contribution is 7.90. The maximum Gasteiger partial charge on any atom is 0.332 e. The second-order valence-electron chi connectivity index (χ2n) is 17.8. The van der Waals surface area contributed by atoms with Gasteiger partial charge in [-0.3, -0.25) is 0 Å². The van der Waals surface area contributed by atoms with E-state index in [0.29, 0.717) is 6.54 Å². The van der Waals surface area contributed by atoms with Crippen LogP contribution in [0.5, 0.6) is 0 Å². The van der Waals surface area contributed by atoms with Crippen molar-refractivity contribution in [1.29, 1.82) is 0 Å². The number of amides is 2. The molecule has 4 aliphatic rings. The zero-order chi connectivity index (χ0) is 40.9. The van der Waals surface area contributed by atoms with E-state index in [-0.39, 0.29) is 23.0 Å². The van der Waals surface area contributed by atoms with Crippen LogP contribution < -0.4 is 15.2 Å². The topological polar surface area (TPSA) is 171 Å². The van der Waals surface area contributed by atoms with Gasteiger partial charge in [-0.2, -0.15) is 4.99 Å². The average molecular weight is 801 g/mol. The minimum Gasteiger partial charge on any atom is -0.309 e. The van der Waals surface area contributed by atoms with E-state index < -0.39 is 31.5 Å². The lowest BCUT2D eigenvalue weighted by molar-refractivity contribution is 0.172. The molecule has 0 aliphatic heterocycles. The first kappa shape index (κ1) is 44.6. The number of aliphatic imine (C=N–C) groups is 1. The van der Waals surface area contributed by atoms with E-state index in [0.717, 1.165) is 75.6 Å². The van der Waals surface area contributed by atoms with Gasteiger partial charge in [-0.1, -0.05) is 39.8 Å². The molecule has 306 valence electrons. The van der Waals surface area contributed by atoms with Crippen molar-refractivity contribution in [1.82, 2.24) is 14.5 Å². The Morgan fingerprint density at radius 1 is 0.782 bits per heavy atom. The van der Waals surface area contributed by atoms with Gasteiger partial charge in [-0.05, 0) is 168 Å². The molecule has 6 rings (SSSR count). The first-order valence-electron chi connectivity index (χ1n) is 19.6. The SMILES string of the molecule is CC(N(C)C)C(C)(C)CS(N)(=O)=O.CN(C)CC(C)(C)CS(=O)(=O)NC(=O)Nc1c2c(cc3c1CCC3)CCC2.O=C=Nc1c2c(cc3c1CCC3)CCC2. The first-order chi connectivity index (χ1) is 25.5. The third kappa shape index (κ3) is 12.2. The molecule has 0 saturated carbocycles. The van der Waals surface area contributed by atoms with Crippen molar-refractivity contribution in [2.45, 2.75) is 118 Å². The maximum absolute atomic E-state index is 12.5. The van der Waals surface area contributed by atoms with Gasteiger partial charge in [0.2, 0.25) is 26.1 Å². The summed E-state index contributed by atoms with van der Waals surface area (Å²) in [6.07, 6.45) is 14.8. The summed E-state index contributed by atoms with van der Waals surface area (Å²) in [4.78, 5) is 30.9. The number of sulfonamides is 2. The number of fused-ring (bicyclic) bond motifs is 4. The Hall–Kier alpha value is -3.13. The molecule has 1 atom stereocenters. The quantitative estimate of drug-likeness (QED) is 0.195. The van der Waals surface area contributed by atoms with Crippen molar-refractivity contribution in [3.05, 3.63) is 56.6 Å². The Kier molecular flexibility index (Phi) is 14.6. The van der Waals surface area contributed by atoms with Crippen LogP contribution >= 0.6 is 0 Å². The molecule has 12 nitrogen and oxygen atoms in total. The molecular weight excluding hydrogens is 737 g/mol. The van der Waals surface area contributed by atoms with Gasteiger partial charge in [0.1, 0.15) is 0 Å². The molecular formula is C41H64N6O6S2. The Labute approximate surface area is 330 Å². The summed E-state index contributed by atoms with van der Waals surface area (Å²) in [5.74, 6) is -0.0874. The van der Waals surface area contributed by atoms with Crippen molar-refractivity contribution in [3.63, 3.8) is 0 Å². The second-order valence-corrected chi connectivity index (χ2v) is 21.1. The van der Waals surface area contributed by atoms with Crippen molar-refractivity contribution in [2.75, 3.05) is 51.6 Å². The number of hydrogen-bond donors (Lipinski definition) is 3. The molecule has 0 fully saturated rings. The Morgan fingerprint density at radius 2 is 1.22 bits per heavy atom. The van der Waals surface area contributed by atoms with Crippen LogP contribution in [0.15, 0.2) is 17.1 Å². The molecule has 4 N–H and O–H groups in total. The minimum absolute atomic E-state index is 0.0132. The average Bonchev–Trinajstić information content (AvgIpc) is 3.85. The monoisotopic (exact) mass is 800 g/mol. The highest BCUT2D eigenvalue weighted by atomic mass is 32.2. The number of nitrogens with two attached hydrogens (primary N) is 1. The van der Waals surface area contributed by atoms with Crippen molar-refractivity contribution in [3.8, 4) is 0 Å². The second kappa shape index (κ2) is 18.0. The van der Waals surface area contributed by atoms with Gasteiger partial charge in [0, 0.05) is 18.3 Å². The molecule has 0 aromatic heterocycles. The summed E-state index contributed by atoms with van der Waals surface area (Å²) in [7, 11) is 0.560. The fourth-order valence-corrected chi connectivity index (χ4v) is 11.8. The zero-order valence-electron chi connectivity index (χ0n) is 34.5. The van der Waals surface area contributed by atoms with Crippen LogP contribution in [0.2, 0.25) is 0 Å². The van der Waals surface area contributed by atoms with E-state index in [9.17, 15) is 26.4 Å². The van der Waals surface area contributed by atoms with E-state index in [1.54, 1.807) is 6.08 Å². The number of urea groups is 1. The van der Waals surface area contributed by atoms with E-state index in [1.165, 1.54) is 57.3 Å². The minimum atomic E-state index is -3.72. The molecule has 55 heavy (non-hydrogen) atoms. The van der Waals surface area contributed by atoms with Crippen LogP contribution in [-0.2, 0) is 76.2 Å². The molecule has 0 radical (unpaired) electrons. The number of carbonyl (C=O) groups excluding carboxylic acids is 2. The van der Waals surface area contributed by atoms with Gasteiger partial charge in [0.25, 0.3) is 0 Å². The first-order valence-corrected chi connectivity index (χ1v) is 22.9. The van der Waals surface area contributed by atoms with Crippen LogP contribution in [0.1, 0.15) is 105 Å². The summed E-state index contributed by atoms with van der Waals surface area (Å²) in [6.45, 7) is 10.2. The van der Waals surface area contributed by atoms with Crippen molar-refractivity contribution < 1.29 is 26.4 Å². The molecule has 2 aromatic carbocycles. The number of rotatable bonds is 11. The van der Waals surface area contributed by atoms with Gasteiger partial charge >= 0.3 is 6.03 Å². The summed E-state index contributed by atoms with van der Waals surface area (Å²) >= 11 is 0. The lowest BCUT2D eigenvalue weighted by Crippen LogP contribution is -2.44. The lowest BCUT2D eigenvalue weighted by Gasteiger charge is -2.35. The Morgan fingerprint density at radius 3 is 1.62 bits per heavy atom. The number of hydrogen-bond acceptors (Lipinski definition) is 9. The number of aryl methyl sites for hydroxylation is 4. The van der Waals surface area contributed by atoms with E-state index in [4.69, 9.17) is 5.14 Å². The fourth-order valence-electron chi connectivity index (χ4n) is 9.00. The number of nitrogens with zero attached hydrogens (tertiary/aromatic N) is 3. The van der Waals surface area contributed by atoms with Gasteiger partial charge in [0.15, 0.2) is 0 Å². The molecule has 4 aliphatic carbocycles. The molecule has 2 aromatic rings.